The molecule has 8 nitrogen and oxygen atoms in total. The lowest BCUT2D eigenvalue weighted by molar-refractivity contribution is -0.383. The molecular weight excluding hydrogens is 400 g/mol. The van der Waals surface area contributed by atoms with E-state index in [1.165, 1.54) is 25.1 Å². The fourth-order valence-electron chi connectivity index (χ4n) is 3.38. The number of fused-ring (bicyclic) bond motifs is 3. The van der Waals surface area contributed by atoms with Crippen LogP contribution in [-0.4, -0.2) is 22.9 Å². The molecule has 1 aromatic heterocycles. The Morgan fingerprint density at radius 2 is 1.74 bits per heavy atom. The van der Waals surface area contributed by atoms with Crippen molar-refractivity contribution in [1.29, 1.82) is 0 Å². The van der Waals surface area contributed by atoms with Crippen LogP contribution in [0.25, 0.3) is 21.7 Å². The maximum atomic E-state index is 12.7. The highest BCUT2D eigenvalue weighted by Gasteiger charge is 2.26. The van der Waals surface area contributed by atoms with Gasteiger partial charge in [-0.15, -0.1) is 0 Å². The lowest BCUT2D eigenvalue weighted by Crippen LogP contribution is -2.30. The zero-order valence-corrected chi connectivity index (χ0v) is 16.7. The number of carbonyl (C=O) groups excluding carboxylic acids is 2. The molecule has 0 aliphatic carbocycles. The maximum Gasteiger partial charge on any atom is 0.375 e. The summed E-state index contributed by atoms with van der Waals surface area (Å²) in [7, 11) is 0. The first-order valence-corrected chi connectivity index (χ1v) is 9.53. The third-order valence-electron chi connectivity index (χ3n) is 5.03. The Morgan fingerprint density at radius 3 is 2.52 bits per heavy atom. The summed E-state index contributed by atoms with van der Waals surface area (Å²) in [5.74, 6) is -1.47. The van der Waals surface area contributed by atoms with Crippen LogP contribution in [0.5, 0.6) is 0 Å². The molecule has 0 saturated carbocycles. The van der Waals surface area contributed by atoms with E-state index in [9.17, 15) is 19.7 Å². The molecule has 3 aromatic carbocycles. The third-order valence-corrected chi connectivity index (χ3v) is 5.03. The van der Waals surface area contributed by atoms with Crippen LogP contribution in [0.15, 0.2) is 65.1 Å². The van der Waals surface area contributed by atoms with Crippen molar-refractivity contribution in [2.45, 2.75) is 20.0 Å². The zero-order valence-electron chi connectivity index (χ0n) is 16.7. The van der Waals surface area contributed by atoms with E-state index in [4.69, 9.17) is 9.15 Å². The average molecular weight is 418 g/mol. The summed E-state index contributed by atoms with van der Waals surface area (Å²) in [6.07, 6.45) is -1.20. The molecule has 4 aromatic rings. The molecule has 8 heteroatoms. The molecule has 156 valence electrons. The van der Waals surface area contributed by atoms with Gasteiger partial charge in [-0.1, -0.05) is 48.5 Å². The molecule has 0 aliphatic heterocycles. The predicted molar refractivity (Wildman–Crippen MR) is 115 cm³/mol. The number of amides is 1. The molecular formula is C23H18N2O6. The van der Waals surface area contributed by atoms with E-state index in [1.807, 2.05) is 36.4 Å². The normalized spacial score (nSPS) is 11.9. The van der Waals surface area contributed by atoms with Gasteiger partial charge >= 0.3 is 5.97 Å². The molecule has 31 heavy (non-hydrogen) atoms. The Hall–Kier alpha value is -4.20. The number of anilines is 1. The van der Waals surface area contributed by atoms with Gasteiger partial charge in [-0.2, -0.15) is 0 Å². The second-order valence-corrected chi connectivity index (χ2v) is 7.03. The van der Waals surface area contributed by atoms with E-state index >= 15 is 0 Å². The summed E-state index contributed by atoms with van der Waals surface area (Å²) in [6, 6.07) is 17.2. The summed E-state index contributed by atoms with van der Waals surface area (Å²) >= 11 is 0. The molecule has 1 unspecified atom stereocenters. The van der Waals surface area contributed by atoms with Gasteiger partial charge in [0.05, 0.1) is 4.92 Å². The maximum absolute atomic E-state index is 12.7. The molecule has 4 rings (SSSR count). The number of ether oxygens (including phenoxy) is 1. The predicted octanol–water partition coefficient (Wildman–Crippen LogP) is 4.99. The molecule has 0 saturated heterocycles. The monoisotopic (exact) mass is 418 g/mol. The smallest absolute Gasteiger partial charge is 0.375 e. The van der Waals surface area contributed by atoms with E-state index in [0.717, 1.165) is 16.2 Å². The fraction of sp³-hybridized carbons (Fsp3) is 0.130. The Balaban J connectivity index is 1.56. The van der Waals surface area contributed by atoms with Crippen LogP contribution in [0.1, 0.15) is 23.0 Å². The van der Waals surface area contributed by atoms with Crippen molar-refractivity contribution < 1.29 is 23.7 Å². The minimum absolute atomic E-state index is 0.0108. The van der Waals surface area contributed by atoms with Gasteiger partial charge in [0.1, 0.15) is 11.3 Å². The van der Waals surface area contributed by atoms with Crippen molar-refractivity contribution in [3.8, 4) is 0 Å². The Kier molecular flexibility index (Phi) is 5.12. The first kappa shape index (κ1) is 20.1. The standard InChI is InChI=1S/C23H18N2O6/c1-13-16-12-11-15-7-3-4-8-17(15)21(16)31-20(13)23(27)30-14(2)22(26)24-18-9-5-6-10-19(18)25(28)29/h3-12,14H,1-2H3,(H,24,26). The Morgan fingerprint density at radius 1 is 1.03 bits per heavy atom. The Labute approximate surface area is 176 Å². The lowest BCUT2D eigenvalue weighted by atomic mass is 10.1. The first-order valence-electron chi connectivity index (χ1n) is 9.53. The quantitative estimate of drug-likeness (QED) is 0.278. The number of carbonyl (C=O) groups is 2. The van der Waals surface area contributed by atoms with Crippen LogP contribution < -0.4 is 5.32 Å². The summed E-state index contributed by atoms with van der Waals surface area (Å²) in [5, 5.41) is 16.2. The second kappa shape index (κ2) is 7.91. The van der Waals surface area contributed by atoms with Crippen LogP contribution in [0.3, 0.4) is 0 Å². The highest BCUT2D eigenvalue weighted by atomic mass is 16.6. The number of hydrogen-bond donors (Lipinski definition) is 1. The SMILES string of the molecule is Cc1c(C(=O)OC(C)C(=O)Nc2ccccc2[N+](=O)[O-])oc2c1ccc1ccccc12. The largest absolute Gasteiger partial charge is 0.448 e. The number of benzene rings is 3. The van der Waals surface area contributed by atoms with Crippen LogP contribution in [0.4, 0.5) is 11.4 Å². The number of nitro groups is 1. The summed E-state index contributed by atoms with van der Waals surface area (Å²) in [4.78, 5) is 35.7. The van der Waals surface area contributed by atoms with Gasteiger partial charge in [-0.3, -0.25) is 14.9 Å². The second-order valence-electron chi connectivity index (χ2n) is 7.03. The molecule has 0 spiro atoms. The summed E-state index contributed by atoms with van der Waals surface area (Å²) in [6.45, 7) is 3.13. The highest BCUT2D eigenvalue weighted by molar-refractivity contribution is 6.08. The number of esters is 1. The number of aryl methyl sites for hydroxylation is 1. The number of nitro benzene ring substituents is 1. The van der Waals surface area contributed by atoms with E-state index in [0.29, 0.717) is 11.1 Å². The minimum Gasteiger partial charge on any atom is -0.448 e. The van der Waals surface area contributed by atoms with Crippen molar-refractivity contribution in [3.63, 3.8) is 0 Å². The van der Waals surface area contributed by atoms with Crippen molar-refractivity contribution in [3.05, 3.63) is 82.1 Å². The van der Waals surface area contributed by atoms with Gasteiger partial charge in [0, 0.05) is 22.4 Å². The number of para-hydroxylation sites is 2. The average Bonchev–Trinajstić information content (AvgIpc) is 3.11. The minimum atomic E-state index is -1.20. The molecule has 0 radical (unpaired) electrons. The molecule has 0 fully saturated rings. The van der Waals surface area contributed by atoms with Gasteiger partial charge in [-0.25, -0.2) is 4.79 Å². The highest BCUT2D eigenvalue weighted by Crippen LogP contribution is 2.32. The van der Waals surface area contributed by atoms with Crippen molar-refractivity contribution in [2.75, 3.05) is 5.32 Å². The molecule has 1 N–H and O–H groups in total. The topological polar surface area (TPSA) is 112 Å². The molecule has 0 bridgehead atoms. The van der Waals surface area contributed by atoms with Crippen LogP contribution >= 0.6 is 0 Å². The van der Waals surface area contributed by atoms with Crippen molar-refractivity contribution >= 4 is 45.0 Å². The van der Waals surface area contributed by atoms with E-state index in [1.54, 1.807) is 13.0 Å². The van der Waals surface area contributed by atoms with Crippen LogP contribution in [0.2, 0.25) is 0 Å². The van der Waals surface area contributed by atoms with Crippen molar-refractivity contribution in [2.24, 2.45) is 0 Å². The van der Waals surface area contributed by atoms with E-state index in [-0.39, 0.29) is 17.1 Å². The number of nitrogens with one attached hydrogen (secondary N) is 1. The Bertz CT molecular complexity index is 1340. The molecule has 1 amide bonds. The first-order chi connectivity index (χ1) is 14.9. The van der Waals surface area contributed by atoms with E-state index < -0.39 is 22.9 Å². The fourth-order valence-corrected chi connectivity index (χ4v) is 3.38. The summed E-state index contributed by atoms with van der Waals surface area (Å²) < 4.78 is 11.1. The van der Waals surface area contributed by atoms with Gasteiger partial charge < -0.3 is 14.5 Å². The van der Waals surface area contributed by atoms with E-state index in [2.05, 4.69) is 5.32 Å². The molecule has 0 aliphatic rings. The number of furan rings is 1. The number of rotatable bonds is 5. The van der Waals surface area contributed by atoms with Crippen molar-refractivity contribution in [1.82, 2.24) is 0 Å². The molecule has 1 heterocycles. The van der Waals surface area contributed by atoms with Crippen LogP contribution in [0, 0.1) is 17.0 Å². The summed E-state index contributed by atoms with van der Waals surface area (Å²) in [5.41, 5.74) is 0.942. The van der Waals surface area contributed by atoms with Gasteiger partial charge in [0.25, 0.3) is 11.6 Å². The van der Waals surface area contributed by atoms with Gasteiger partial charge in [-0.05, 0) is 25.3 Å². The van der Waals surface area contributed by atoms with Crippen LogP contribution in [-0.2, 0) is 9.53 Å². The van der Waals surface area contributed by atoms with Gasteiger partial charge in [0.15, 0.2) is 6.10 Å². The molecule has 1 atom stereocenters. The number of hydrogen-bond acceptors (Lipinski definition) is 6. The third kappa shape index (κ3) is 3.71. The lowest BCUT2D eigenvalue weighted by Gasteiger charge is -2.13. The zero-order chi connectivity index (χ0) is 22.1. The number of nitrogens with zero attached hydrogens (tertiary/aromatic N) is 1. The van der Waals surface area contributed by atoms with Gasteiger partial charge in [0.2, 0.25) is 5.76 Å².